The van der Waals surface area contributed by atoms with E-state index in [4.69, 9.17) is 11.6 Å². The zero-order chi connectivity index (χ0) is 12.3. The first kappa shape index (κ1) is 14.2. The fraction of sp³-hybridized carbons (Fsp3) is 0.750. The number of amides is 1. The van der Waals surface area contributed by atoms with Crippen LogP contribution in [0.2, 0.25) is 0 Å². The van der Waals surface area contributed by atoms with E-state index in [0.717, 1.165) is 0 Å². The summed E-state index contributed by atoms with van der Waals surface area (Å²) in [7, 11) is 0. The molecule has 0 aromatic rings. The van der Waals surface area contributed by atoms with Crippen molar-refractivity contribution in [2.45, 2.75) is 20.0 Å². The normalized spacial score (nSPS) is 12.4. The Labute approximate surface area is 90.0 Å². The molecule has 0 aliphatic heterocycles. The monoisotopic (exact) mass is 245 g/mol. The Hall–Kier alpha value is -0.780. The minimum Gasteiger partial charge on any atom is -0.347 e. The second kappa shape index (κ2) is 4.83. The summed E-state index contributed by atoms with van der Waals surface area (Å²) >= 11 is 5.26. The van der Waals surface area contributed by atoms with Gasteiger partial charge in [-0.05, 0) is 0 Å². The van der Waals surface area contributed by atoms with Gasteiger partial charge >= 0.3 is 12.1 Å². The van der Waals surface area contributed by atoms with Crippen LogP contribution in [0.25, 0.3) is 0 Å². The van der Waals surface area contributed by atoms with Crippen molar-refractivity contribution in [2.24, 2.45) is 5.41 Å². The van der Waals surface area contributed by atoms with E-state index in [9.17, 15) is 22.8 Å². The Kier molecular flexibility index (Phi) is 4.58. The molecular formula is C8H11ClF3NO2. The number of hydrogen-bond acceptors (Lipinski definition) is 2. The van der Waals surface area contributed by atoms with Crippen LogP contribution in [0.15, 0.2) is 0 Å². The number of ketones is 1. The summed E-state index contributed by atoms with van der Waals surface area (Å²) < 4.78 is 35.4. The maximum absolute atomic E-state index is 11.8. The molecule has 15 heavy (non-hydrogen) atoms. The molecule has 0 bridgehead atoms. The standard InChI is InChI=1S/C8H11ClF3NO2/c1-7(2,5(14)3-9)4-13-6(15)8(10,11)12/h3-4H2,1-2H3,(H,13,15). The van der Waals surface area contributed by atoms with Crippen molar-refractivity contribution in [1.29, 1.82) is 0 Å². The first-order chi connectivity index (χ1) is 6.61. The third-order valence-corrected chi connectivity index (χ3v) is 2.07. The van der Waals surface area contributed by atoms with Gasteiger partial charge in [0.05, 0.1) is 5.88 Å². The Morgan fingerprint density at radius 2 is 1.73 bits per heavy atom. The van der Waals surface area contributed by atoms with Gasteiger partial charge in [0.15, 0.2) is 5.78 Å². The summed E-state index contributed by atoms with van der Waals surface area (Å²) in [6, 6.07) is 0. The van der Waals surface area contributed by atoms with E-state index in [-0.39, 0.29) is 5.88 Å². The molecule has 3 nitrogen and oxygen atoms in total. The minimum atomic E-state index is -4.93. The highest BCUT2D eigenvalue weighted by atomic mass is 35.5. The second-order valence-electron chi connectivity index (χ2n) is 3.62. The van der Waals surface area contributed by atoms with Crippen molar-refractivity contribution >= 4 is 23.3 Å². The molecule has 0 radical (unpaired) electrons. The average Bonchev–Trinajstić information content (AvgIpc) is 2.11. The Balaban J connectivity index is 4.28. The molecular weight excluding hydrogens is 235 g/mol. The third-order valence-electron chi connectivity index (χ3n) is 1.82. The van der Waals surface area contributed by atoms with Crippen LogP contribution in [-0.4, -0.2) is 30.3 Å². The van der Waals surface area contributed by atoms with Crippen molar-refractivity contribution in [1.82, 2.24) is 5.32 Å². The van der Waals surface area contributed by atoms with E-state index in [1.807, 2.05) is 0 Å². The van der Waals surface area contributed by atoms with Crippen LogP contribution in [0.5, 0.6) is 0 Å². The lowest BCUT2D eigenvalue weighted by Gasteiger charge is -2.22. The molecule has 0 fully saturated rings. The van der Waals surface area contributed by atoms with E-state index in [2.05, 4.69) is 0 Å². The maximum Gasteiger partial charge on any atom is 0.471 e. The molecule has 0 aromatic heterocycles. The lowest BCUT2D eigenvalue weighted by molar-refractivity contribution is -0.174. The Morgan fingerprint density at radius 3 is 2.07 bits per heavy atom. The molecule has 0 aliphatic carbocycles. The molecule has 0 aliphatic rings. The Bertz CT molecular complexity index is 263. The van der Waals surface area contributed by atoms with Crippen molar-refractivity contribution in [3.05, 3.63) is 0 Å². The van der Waals surface area contributed by atoms with Crippen LogP contribution in [0.4, 0.5) is 13.2 Å². The van der Waals surface area contributed by atoms with Gasteiger partial charge < -0.3 is 5.32 Å². The lowest BCUT2D eigenvalue weighted by atomic mass is 9.89. The number of Topliss-reactive ketones (excluding diaryl/α,β-unsaturated/α-hetero) is 1. The van der Waals surface area contributed by atoms with Crippen LogP contribution in [0, 0.1) is 5.41 Å². The van der Waals surface area contributed by atoms with Crippen molar-refractivity contribution < 1.29 is 22.8 Å². The number of rotatable bonds is 4. The molecule has 88 valence electrons. The topological polar surface area (TPSA) is 46.2 Å². The second-order valence-corrected chi connectivity index (χ2v) is 3.89. The van der Waals surface area contributed by atoms with Gasteiger partial charge in [-0.3, -0.25) is 9.59 Å². The van der Waals surface area contributed by atoms with E-state index in [0.29, 0.717) is 0 Å². The van der Waals surface area contributed by atoms with Gasteiger partial charge in [0.25, 0.3) is 0 Å². The molecule has 0 saturated carbocycles. The highest BCUT2D eigenvalue weighted by Gasteiger charge is 2.39. The first-order valence-electron chi connectivity index (χ1n) is 4.05. The molecule has 0 saturated heterocycles. The van der Waals surface area contributed by atoms with Gasteiger partial charge in [0, 0.05) is 12.0 Å². The zero-order valence-corrected chi connectivity index (χ0v) is 9.00. The fourth-order valence-corrected chi connectivity index (χ4v) is 1.04. The molecule has 7 heteroatoms. The maximum atomic E-state index is 11.8. The quantitative estimate of drug-likeness (QED) is 0.763. The van der Waals surface area contributed by atoms with Crippen LogP contribution in [0.3, 0.4) is 0 Å². The predicted molar refractivity (Wildman–Crippen MR) is 48.6 cm³/mol. The van der Waals surface area contributed by atoms with Gasteiger partial charge in [-0.2, -0.15) is 13.2 Å². The minimum absolute atomic E-state index is 0.297. The summed E-state index contributed by atoms with van der Waals surface area (Å²) in [4.78, 5) is 21.6. The lowest BCUT2D eigenvalue weighted by Crippen LogP contribution is -2.44. The molecule has 0 rings (SSSR count). The van der Waals surface area contributed by atoms with Gasteiger partial charge in [0.1, 0.15) is 0 Å². The van der Waals surface area contributed by atoms with Crippen molar-refractivity contribution in [3.8, 4) is 0 Å². The summed E-state index contributed by atoms with van der Waals surface area (Å²) in [6.07, 6.45) is -4.93. The molecule has 0 aromatic carbocycles. The summed E-state index contributed by atoms with van der Waals surface area (Å²) in [6.45, 7) is 2.43. The number of carbonyl (C=O) groups excluding carboxylic acids is 2. The largest absolute Gasteiger partial charge is 0.471 e. The number of alkyl halides is 4. The third kappa shape index (κ3) is 4.51. The fourth-order valence-electron chi connectivity index (χ4n) is 0.681. The SMILES string of the molecule is CC(C)(CNC(=O)C(F)(F)F)C(=O)CCl. The first-order valence-corrected chi connectivity index (χ1v) is 4.59. The molecule has 0 spiro atoms. The summed E-state index contributed by atoms with van der Waals surface area (Å²) in [5.74, 6) is -2.78. The predicted octanol–water partition coefficient (Wildman–Crippen LogP) is 1.50. The molecule has 0 atom stereocenters. The number of nitrogens with one attached hydrogen (secondary N) is 1. The highest BCUT2D eigenvalue weighted by Crippen LogP contribution is 2.18. The molecule has 1 amide bonds. The van der Waals surface area contributed by atoms with Gasteiger partial charge in [0.2, 0.25) is 0 Å². The van der Waals surface area contributed by atoms with Gasteiger partial charge in [-0.25, -0.2) is 0 Å². The van der Waals surface area contributed by atoms with Crippen molar-refractivity contribution in [2.75, 3.05) is 12.4 Å². The van der Waals surface area contributed by atoms with E-state index < -0.39 is 29.8 Å². The Morgan fingerprint density at radius 1 is 1.27 bits per heavy atom. The average molecular weight is 246 g/mol. The summed E-state index contributed by atoms with van der Waals surface area (Å²) in [5.41, 5.74) is -1.09. The van der Waals surface area contributed by atoms with Crippen LogP contribution in [0.1, 0.15) is 13.8 Å². The summed E-state index contributed by atoms with van der Waals surface area (Å²) in [5, 5.41) is 1.63. The van der Waals surface area contributed by atoms with Crippen LogP contribution >= 0.6 is 11.6 Å². The van der Waals surface area contributed by atoms with Crippen LogP contribution < -0.4 is 5.32 Å². The number of hydrogen-bond donors (Lipinski definition) is 1. The number of halogens is 4. The zero-order valence-electron chi connectivity index (χ0n) is 8.24. The number of carbonyl (C=O) groups is 2. The van der Waals surface area contributed by atoms with Gasteiger partial charge in [-0.1, -0.05) is 13.8 Å². The highest BCUT2D eigenvalue weighted by molar-refractivity contribution is 6.28. The molecule has 1 N–H and O–H groups in total. The van der Waals surface area contributed by atoms with E-state index >= 15 is 0 Å². The smallest absolute Gasteiger partial charge is 0.347 e. The van der Waals surface area contributed by atoms with Crippen molar-refractivity contribution in [3.63, 3.8) is 0 Å². The van der Waals surface area contributed by atoms with E-state index in [1.54, 1.807) is 5.32 Å². The molecule has 0 unspecified atom stereocenters. The van der Waals surface area contributed by atoms with Gasteiger partial charge in [-0.15, -0.1) is 11.6 Å². The molecule has 0 heterocycles. The van der Waals surface area contributed by atoms with Crippen LogP contribution in [-0.2, 0) is 9.59 Å². The van der Waals surface area contributed by atoms with E-state index in [1.165, 1.54) is 13.8 Å².